The molecule has 0 unspecified atom stereocenters. The normalized spacial score (nSPS) is 13.3. The Labute approximate surface area is 97.3 Å². The van der Waals surface area contributed by atoms with Crippen molar-refractivity contribution in [1.82, 2.24) is 4.72 Å². The molecule has 1 aromatic carbocycles. The predicted octanol–water partition coefficient (Wildman–Crippen LogP) is -0.484. The second-order valence-corrected chi connectivity index (χ2v) is 4.92. The van der Waals surface area contributed by atoms with Gasteiger partial charge in [0, 0.05) is 6.54 Å². The molecule has 1 atom stereocenters. The van der Waals surface area contributed by atoms with Crippen LogP contribution in [0, 0.1) is 5.82 Å². The average Bonchev–Trinajstić information content (AvgIpc) is 2.26. The molecule has 6 nitrogen and oxygen atoms in total. The minimum atomic E-state index is -4.01. The van der Waals surface area contributed by atoms with Gasteiger partial charge in [0.25, 0.3) is 0 Å². The lowest BCUT2D eigenvalue weighted by molar-refractivity contribution is -0.138. The number of carbonyl (C=O) groups is 1. The molecular formula is C9H11FN2O4S. The Hall–Kier alpha value is -1.51. The maximum Gasteiger partial charge on any atom is 0.323 e. The highest BCUT2D eigenvalue weighted by Crippen LogP contribution is 2.10. The van der Waals surface area contributed by atoms with E-state index in [1.165, 1.54) is 0 Å². The van der Waals surface area contributed by atoms with Gasteiger partial charge >= 0.3 is 5.97 Å². The number of aliphatic carboxylic acids is 1. The zero-order valence-corrected chi connectivity index (χ0v) is 9.45. The summed E-state index contributed by atoms with van der Waals surface area (Å²) in [4.78, 5) is 10.4. The second-order valence-electron chi connectivity index (χ2n) is 3.20. The fourth-order valence-electron chi connectivity index (χ4n) is 1.07. The third kappa shape index (κ3) is 3.48. The van der Waals surface area contributed by atoms with E-state index in [1.54, 1.807) is 0 Å². The number of benzene rings is 1. The molecule has 0 saturated heterocycles. The van der Waals surface area contributed by atoms with Gasteiger partial charge in [-0.25, -0.2) is 12.8 Å². The maximum absolute atomic E-state index is 12.6. The van der Waals surface area contributed by atoms with Crippen LogP contribution in [0.4, 0.5) is 4.39 Å². The highest BCUT2D eigenvalue weighted by molar-refractivity contribution is 7.89. The Kier molecular flexibility index (Phi) is 4.16. The lowest BCUT2D eigenvalue weighted by atomic mass is 10.3. The monoisotopic (exact) mass is 262 g/mol. The summed E-state index contributed by atoms with van der Waals surface area (Å²) in [6.07, 6.45) is 0. The predicted molar refractivity (Wildman–Crippen MR) is 57.2 cm³/mol. The Bertz CT molecular complexity index is 500. The largest absolute Gasteiger partial charge is 0.480 e. The molecule has 0 amide bonds. The molecule has 4 N–H and O–H groups in total. The molecule has 0 saturated carbocycles. The van der Waals surface area contributed by atoms with Gasteiger partial charge in [0.05, 0.1) is 4.90 Å². The number of sulfonamides is 1. The number of nitrogens with two attached hydrogens (primary N) is 1. The number of halogens is 1. The second kappa shape index (κ2) is 5.21. The van der Waals surface area contributed by atoms with Gasteiger partial charge in [-0.1, -0.05) is 0 Å². The van der Waals surface area contributed by atoms with E-state index in [1.807, 2.05) is 4.72 Å². The highest BCUT2D eigenvalue weighted by atomic mass is 32.2. The molecule has 0 spiro atoms. The summed E-state index contributed by atoms with van der Waals surface area (Å²) in [7, 11) is -4.01. The van der Waals surface area contributed by atoms with Crippen LogP contribution in [0.3, 0.4) is 0 Å². The summed E-state index contributed by atoms with van der Waals surface area (Å²) >= 11 is 0. The van der Waals surface area contributed by atoms with Crippen LogP contribution in [0.2, 0.25) is 0 Å². The van der Waals surface area contributed by atoms with Crippen LogP contribution < -0.4 is 10.5 Å². The van der Waals surface area contributed by atoms with Gasteiger partial charge in [-0.15, -0.1) is 0 Å². The van der Waals surface area contributed by atoms with Gasteiger partial charge in [0.15, 0.2) is 0 Å². The summed E-state index contributed by atoms with van der Waals surface area (Å²) in [5.74, 6) is -1.96. The van der Waals surface area contributed by atoms with Crippen LogP contribution in [-0.2, 0) is 14.8 Å². The van der Waals surface area contributed by atoms with Gasteiger partial charge in [-0.2, -0.15) is 4.72 Å². The Balaban J connectivity index is 2.96. The molecule has 94 valence electrons. The average molecular weight is 262 g/mol. The van der Waals surface area contributed by atoms with Crippen LogP contribution >= 0.6 is 0 Å². The lowest BCUT2D eigenvalue weighted by Gasteiger charge is -2.12. The summed E-state index contributed by atoms with van der Waals surface area (Å²) in [6.45, 7) is -0.379. The minimum Gasteiger partial charge on any atom is -0.480 e. The first-order valence-electron chi connectivity index (χ1n) is 4.57. The van der Waals surface area contributed by atoms with Crippen molar-refractivity contribution < 1.29 is 22.7 Å². The third-order valence-corrected chi connectivity index (χ3v) is 3.44. The molecule has 1 rings (SSSR count). The van der Waals surface area contributed by atoms with Crippen molar-refractivity contribution >= 4 is 16.0 Å². The SMILES string of the molecule is NC[C@H](NS(=O)(=O)c1ccc(F)cc1)C(=O)O. The van der Waals surface area contributed by atoms with Crippen molar-refractivity contribution in [2.45, 2.75) is 10.9 Å². The van der Waals surface area contributed by atoms with Gasteiger partial charge in [0.1, 0.15) is 11.9 Å². The fourth-order valence-corrected chi connectivity index (χ4v) is 2.27. The standard InChI is InChI=1S/C9H11FN2O4S/c10-6-1-3-7(4-2-6)17(15,16)12-8(5-11)9(13)14/h1-4,8,12H,5,11H2,(H,13,14)/t8-/m0/s1. The molecule has 0 bridgehead atoms. The molecule has 17 heavy (non-hydrogen) atoms. The smallest absolute Gasteiger partial charge is 0.323 e. The first kappa shape index (κ1) is 13.6. The Morgan fingerprint density at radius 2 is 1.94 bits per heavy atom. The molecule has 0 radical (unpaired) electrons. The van der Waals surface area contributed by atoms with Crippen LogP contribution in [0.5, 0.6) is 0 Å². The number of rotatable bonds is 5. The molecule has 1 aromatic rings. The molecule has 8 heteroatoms. The summed E-state index contributed by atoms with van der Waals surface area (Å²) in [6, 6.07) is 2.59. The first-order chi connectivity index (χ1) is 7.86. The zero-order valence-electron chi connectivity index (χ0n) is 8.63. The molecule has 0 aromatic heterocycles. The number of carboxylic acid groups (broad SMARTS) is 1. The summed E-state index contributed by atoms with van der Waals surface area (Å²) < 4.78 is 37.8. The van der Waals surface area contributed by atoms with Crippen molar-refractivity contribution in [1.29, 1.82) is 0 Å². The van der Waals surface area contributed by atoms with Crippen molar-refractivity contribution in [3.63, 3.8) is 0 Å². The van der Waals surface area contributed by atoms with Crippen molar-refractivity contribution in [3.05, 3.63) is 30.1 Å². The van der Waals surface area contributed by atoms with E-state index in [4.69, 9.17) is 10.8 Å². The van der Waals surface area contributed by atoms with E-state index in [9.17, 15) is 17.6 Å². The quantitative estimate of drug-likeness (QED) is 0.663. The minimum absolute atomic E-state index is 0.224. The molecule has 0 aliphatic rings. The summed E-state index contributed by atoms with van der Waals surface area (Å²) in [5.41, 5.74) is 5.12. The fraction of sp³-hybridized carbons (Fsp3) is 0.222. The van der Waals surface area contributed by atoms with Crippen LogP contribution in [0.25, 0.3) is 0 Å². The van der Waals surface area contributed by atoms with E-state index in [-0.39, 0.29) is 11.4 Å². The molecular weight excluding hydrogens is 251 g/mol. The number of nitrogens with one attached hydrogen (secondary N) is 1. The van der Waals surface area contributed by atoms with E-state index < -0.39 is 27.9 Å². The topological polar surface area (TPSA) is 109 Å². The molecule has 0 aliphatic heterocycles. The zero-order chi connectivity index (χ0) is 13.1. The van der Waals surface area contributed by atoms with E-state index in [2.05, 4.69) is 0 Å². The highest BCUT2D eigenvalue weighted by Gasteiger charge is 2.23. The van der Waals surface area contributed by atoms with Crippen molar-refractivity contribution in [2.75, 3.05) is 6.54 Å². The van der Waals surface area contributed by atoms with Gasteiger partial charge in [0.2, 0.25) is 10.0 Å². The van der Waals surface area contributed by atoms with E-state index in [0.29, 0.717) is 0 Å². The van der Waals surface area contributed by atoms with Gasteiger partial charge in [-0.3, -0.25) is 4.79 Å². The van der Waals surface area contributed by atoms with Crippen molar-refractivity contribution in [3.8, 4) is 0 Å². The Morgan fingerprint density at radius 1 is 1.41 bits per heavy atom. The molecule has 0 aliphatic carbocycles. The van der Waals surface area contributed by atoms with Gasteiger partial charge < -0.3 is 10.8 Å². The Morgan fingerprint density at radius 3 is 2.35 bits per heavy atom. The lowest BCUT2D eigenvalue weighted by Crippen LogP contribution is -2.45. The molecule has 0 fully saturated rings. The number of hydrogen-bond acceptors (Lipinski definition) is 4. The maximum atomic E-state index is 12.6. The van der Waals surface area contributed by atoms with Crippen LogP contribution in [0.15, 0.2) is 29.2 Å². The van der Waals surface area contributed by atoms with E-state index in [0.717, 1.165) is 24.3 Å². The first-order valence-corrected chi connectivity index (χ1v) is 6.06. The van der Waals surface area contributed by atoms with Crippen LogP contribution in [0.1, 0.15) is 0 Å². The number of carboxylic acids is 1. The number of hydrogen-bond donors (Lipinski definition) is 3. The van der Waals surface area contributed by atoms with Crippen molar-refractivity contribution in [2.24, 2.45) is 5.73 Å². The van der Waals surface area contributed by atoms with Crippen LogP contribution in [-0.4, -0.2) is 32.1 Å². The summed E-state index contributed by atoms with van der Waals surface area (Å²) in [5, 5.41) is 8.66. The molecule has 0 heterocycles. The van der Waals surface area contributed by atoms with E-state index >= 15 is 0 Å². The van der Waals surface area contributed by atoms with Gasteiger partial charge in [-0.05, 0) is 24.3 Å². The third-order valence-electron chi connectivity index (χ3n) is 1.96.